The van der Waals surface area contributed by atoms with Crippen LogP contribution in [0.15, 0.2) is 35.4 Å². The maximum Gasteiger partial charge on any atom is 0.161 e. The van der Waals surface area contributed by atoms with Crippen molar-refractivity contribution < 1.29 is 20.1 Å². The van der Waals surface area contributed by atoms with Crippen LogP contribution in [-0.2, 0) is 0 Å². The maximum absolute atomic E-state index is 11.8. The molecule has 7 rings (SSSR count). The number of fused-ring (bicyclic) bond motifs is 5. The fourth-order valence-corrected chi connectivity index (χ4v) is 10.5. The van der Waals surface area contributed by atoms with Gasteiger partial charge in [-0.25, -0.2) is 0 Å². The molecule has 2 saturated heterocycles. The lowest BCUT2D eigenvalue weighted by atomic mass is 9.48. The highest BCUT2D eigenvalue weighted by Gasteiger charge is 2.59. The summed E-state index contributed by atoms with van der Waals surface area (Å²) in [6.45, 7) is 11.7. The molecule has 0 bridgehead atoms. The Bertz CT molecular complexity index is 1200. The molecule has 0 unspecified atom stereocenters. The molecule has 0 radical (unpaired) electrons. The van der Waals surface area contributed by atoms with Gasteiger partial charge in [-0.15, -0.1) is 0 Å². The summed E-state index contributed by atoms with van der Waals surface area (Å²) in [4.78, 5) is 5.26. The third kappa shape index (κ3) is 5.60. The van der Waals surface area contributed by atoms with E-state index >= 15 is 0 Å². The Kier molecular flexibility index (Phi) is 9.05. The summed E-state index contributed by atoms with van der Waals surface area (Å²) in [5.74, 6) is 3.59. The van der Waals surface area contributed by atoms with E-state index in [0.29, 0.717) is 23.9 Å². The van der Waals surface area contributed by atoms with Crippen molar-refractivity contribution in [3.63, 3.8) is 0 Å². The molecule has 0 aromatic heterocycles. The fraction of sp³-hybridized carbons (Fsp3) is 0.730. The lowest BCUT2D eigenvalue weighted by molar-refractivity contribution is -0.0662. The van der Waals surface area contributed by atoms with Crippen LogP contribution in [0.1, 0.15) is 90.0 Å². The number of likely N-dealkylation sites (tertiary alicyclic amines) is 2. The number of allylic oxidation sites excluding steroid dienone is 1. The number of aliphatic hydroxyl groups excluding tert-OH is 1. The summed E-state index contributed by atoms with van der Waals surface area (Å²) in [5, 5.41) is 11.8. The van der Waals surface area contributed by atoms with E-state index in [2.05, 4.69) is 47.9 Å². The van der Waals surface area contributed by atoms with E-state index in [1.54, 1.807) is 12.7 Å². The van der Waals surface area contributed by atoms with Crippen LogP contribution in [0.5, 0.6) is 11.5 Å². The second kappa shape index (κ2) is 12.5. The first kappa shape index (κ1) is 31.1. The van der Waals surface area contributed by atoms with Crippen molar-refractivity contribution in [3.8, 4) is 11.5 Å². The highest BCUT2D eigenvalue weighted by atomic mass is 16.5. The van der Waals surface area contributed by atoms with Gasteiger partial charge in [-0.05, 0) is 143 Å². The Morgan fingerprint density at radius 1 is 0.953 bits per heavy atom. The van der Waals surface area contributed by atoms with Crippen molar-refractivity contribution in [2.24, 2.45) is 28.6 Å². The lowest BCUT2D eigenvalue weighted by Crippen LogP contribution is -2.52. The summed E-state index contributed by atoms with van der Waals surface area (Å²) in [7, 11) is 1.73. The summed E-state index contributed by atoms with van der Waals surface area (Å²) < 4.78 is 11.9. The second-order valence-corrected chi connectivity index (χ2v) is 15.1. The molecule has 1 aromatic carbocycles. The molecule has 6 heteroatoms. The monoisotopic (exact) mass is 592 g/mol. The maximum atomic E-state index is 11.8. The van der Waals surface area contributed by atoms with Gasteiger partial charge in [0.1, 0.15) is 6.61 Å². The normalized spacial score (nSPS) is 38.7. The first-order valence-corrected chi connectivity index (χ1v) is 17.2. The number of methoxy groups -OCH3 is 1. The molecule has 6 aliphatic rings. The first-order chi connectivity index (χ1) is 20.4. The molecule has 43 heavy (non-hydrogen) atoms. The number of hydrogen-bond donors (Lipinski definition) is 1. The zero-order valence-corrected chi connectivity index (χ0v) is 27.0. The van der Waals surface area contributed by atoms with E-state index in [1.807, 2.05) is 6.07 Å². The molecular weight excluding hydrogens is 536 g/mol. The van der Waals surface area contributed by atoms with Crippen molar-refractivity contribution >= 4 is 6.08 Å². The van der Waals surface area contributed by atoms with Gasteiger partial charge in [-0.3, -0.25) is 4.90 Å². The molecule has 5 fully saturated rings. The number of hydrogen-bond acceptors (Lipinski definition) is 5. The van der Waals surface area contributed by atoms with Gasteiger partial charge in [-0.2, -0.15) is 0 Å². The standard InChI is InChI=1S/C37H54N2O3.H2O/c1-36-14-12-29(39-18-6-7-19-39)25-28(36)9-10-30-31(36)13-15-37(2)32(30)24-27(35(37)40)22-26-8-11-33(34(23-26)41-3)42-21-20-38-16-4-5-17-38;/h8-9,11,22-23,29-32,35,40H,4-7,10,12-21,24-25H2,1-3H3;1H2/b27-22+;/t29-,30+,31-,32-,35-,36-,37-;/m0./s1. The minimum atomic E-state index is -0.366. The summed E-state index contributed by atoms with van der Waals surface area (Å²) >= 11 is 0. The topological polar surface area (TPSA) is 76.7 Å². The van der Waals surface area contributed by atoms with Gasteiger partial charge in [0.2, 0.25) is 0 Å². The minimum Gasteiger partial charge on any atom is -0.493 e. The van der Waals surface area contributed by atoms with Crippen molar-refractivity contribution in [3.05, 3.63) is 41.0 Å². The van der Waals surface area contributed by atoms with Gasteiger partial charge in [0.15, 0.2) is 11.5 Å². The largest absolute Gasteiger partial charge is 0.493 e. The van der Waals surface area contributed by atoms with Crippen molar-refractivity contribution in [1.29, 1.82) is 0 Å². The smallest absolute Gasteiger partial charge is 0.161 e. The van der Waals surface area contributed by atoms with Gasteiger partial charge in [0.05, 0.1) is 13.2 Å². The predicted octanol–water partition coefficient (Wildman–Crippen LogP) is 6.13. The summed E-state index contributed by atoms with van der Waals surface area (Å²) in [5.41, 5.74) is 4.43. The van der Waals surface area contributed by atoms with Crippen LogP contribution in [0.25, 0.3) is 6.08 Å². The Morgan fingerprint density at radius 2 is 1.72 bits per heavy atom. The van der Waals surface area contributed by atoms with Crippen LogP contribution in [0.4, 0.5) is 0 Å². The van der Waals surface area contributed by atoms with Crippen molar-refractivity contribution in [1.82, 2.24) is 9.80 Å². The summed E-state index contributed by atoms with van der Waals surface area (Å²) in [6.07, 6.45) is 18.6. The zero-order chi connectivity index (χ0) is 28.9. The number of nitrogens with zero attached hydrogens (tertiary/aromatic N) is 2. The average Bonchev–Trinajstić information content (AvgIpc) is 3.76. The zero-order valence-electron chi connectivity index (χ0n) is 27.0. The highest BCUT2D eigenvalue weighted by Crippen LogP contribution is 2.66. The minimum absolute atomic E-state index is 0. The third-order valence-corrected chi connectivity index (χ3v) is 13.0. The number of aliphatic hydroxyl groups is 1. The number of ether oxygens (including phenoxy) is 2. The molecule has 0 amide bonds. The number of rotatable bonds is 7. The molecule has 3 saturated carbocycles. The van der Waals surface area contributed by atoms with E-state index in [4.69, 9.17) is 9.47 Å². The number of benzene rings is 1. The Balaban J connectivity index is 0.00000329. The van der Waals surface area contributed by atoms with E-state index in [0.717, 1.165) is 48.4 Å². The molecule has 2 heterocycles. The molecule has 3 N–H and O–H groups in total. The van der Waals surface area contributed by atoms with Gasteiger partial charge in [0, 0.05) is 18.0 Å². The first-order valence-electron chi connectivity index (χ1n) is 17.2. The van der Waals surface area contributed by atoms with Crippen LogP contribution in [-0.4, -0.2) is 79.0 Å². The highest BCUT2D eigenvalue weighted by molar-refractivity contribution is 5.60. The summed E-state index contributed by atoms with van der Waals surface area (Å²) in [6, 6.07) is 7.05. The average molecular weight is 593 g/mol. The molecule has 2 aliphatic heterocycles. The second-order valence-electron chi connectivity index (χ2n) is 15.1. The molecule has 1 aromatic rings. The third-order valence-electron chi connectivity index (χ3n) is 13.0. The van der Waals surface area contributed by atoms with Crippen LogP contribution >= 0.6 is 0 Å². The lowest BCUT2D eigenvalue weighted by Gasteiger charge is -2.58. The van der Waals surface area contributed by atoms with Crippen LogP contribution in [0, 0.1) is 28.6 Å². The molecular formula is C37H56N2O4. The Labute approximate surface area is 259 Å². The van der Waals surface area contributed by atoms with Crippen molar-refractivity contribution in [2.45, 2.75) is 96.6 Å². The Morgan fingerprint density at radius 3 is 2.49 bits per heavy atom. The molecule has 7 atom stereocenters. The van der Waals surface area contributed by atoms with Crippen molar-refractivity contribution in [2.75, 3.05) is 46.4 Å². The van der Waals surface area contributed by atoms with E-state index in [1.165, 1.54) is 89.5 Å². The molecule has 238 valence electrons. The van der Waals surface area contributed by atoms with Gasteiger partial charge in [0.25, 0.3) is 0 Å². The van der Waals surface area contributed by atoms with Crippen LogP contribution in [0.3, 0.4) is 0 Å². The van der Waals surface area contributed by atoms with E-state index < -0.39 is 0 Å². The Hall–Kier alpha value is -1.86. The molecule has 4 aliphatic carbocycles. The quantitative estimate of drug-likeness (QED) is 0.386. The van der Waals surface area contributed by atoms with Gasteiger partial charge >= 0.3 is 0 Å². The fourth-order valence-electron chi connectivity index (χ4n) is 10.5. The van der Waals surface area contributed by atoms with E-state index in [9.17, 15) is 5.11 Å². The van der Waals surface area contributed by atoms with Gasteiger partial charge in [-0.1, -0.05) is 37.6 Å². The predicted molar refractivity (Wildman–Crippen MR) is 173 cm³/mol. The van der Waals surface area contributed by atoms with E-state index in [-0.39, 0.29) is 17.0 Å². The van der Waals surface area contributed by atoms with Crippen LogP contribution in [0.2, 0.25) is 0 Å². The van der Waals surface area contributed by atoms with Crippen LogP contribution < -0.4 is 9.47 Å². The molecule has 6 nitrogen and oxygen atoms in total. The SMILES string of the molecule is COc1cc(/C=C2\C[C@H]3[C@@H]4CC=C5C[C@@H](N6CCCC6)CC[C@]5(C)[C@H]4CC[C@]3(C)[C@H]2O)ccc1OCCN1CCCC1.O. The van der Waals surface area contributed by atoms with Gasteiger partial charge < -0.3 is 25.0 Å². The molecule has 0 spiro atoms.